The molecule has 1 N–H and O–H groups in total. The van der Waals surface area contributed by atoms with E-state index >= 15 is 4.39 Å². The molecule has 0 aliphatic carbocycles. The van der Waals surface area contributed by atoms with Crippen molar-refractivity contribution >= 4 is 29.5 Å². The van der Waals surface area contributed by atoms with E-state index in [0.717, 1.165) is 12.0 Å². The van der Waals surface area contributed by atoms with Crippen LogP contribution in [0.4, 0.5) is 25.4 Å². The first-order valence-corrected chi connectivity index (χ1v) is 16.7. The molecule has 1 aliphatic heterocycles. The number of halogens is 1. The topological polar surface area (TPSA) is 107 Å². The highest BCUT2D eigenvalue weighted by Gasteiger charge is 2.42. The molecule has 0 saturated carbocycles. The van der Waals surface area contributed by atoms with Crippen LogP contribution in [0.5, 0.6) is 5.75 Å². The molecule has 2 aromatic rings. The number of fused-ring (bicyclic) bond motifs is 1. The molecule has 0 saturated heterocycles. The van der Waals surface area contributed by atoms with Crippen molar-refractivity contribution in [3.05, 3.63) is 53.3 Å². The number of esters is 1. The average molecular weight is 672 g/mol. The van der Waals surface area contributed by atoms with Gasteiger partial charge in [-0.05, 0) is 73.8 Å². The Bertz CT molecular complexity index is 1430. The van der Waals surface area contributed by atoms with Crippen molar-refractivity contribution in [3.63, 3.8) is 0 Å². The smallest absolute Gasteiger partial charge is 0.415 e. The maximum absolute atomic E-state index is 16.7. The first-order chi connectivity index (χ1) is 22.2. The Morgan fingerprint density at radius 1 is 0.958 bits per heavy atom. The predicted octanol–water partition coefficient (Wildman–Crippen LogP) is 8.11. The summed E-state index contributed by atoms with van der Waals surface area (Å²) in [6, 6.07) is 10.3. The molecule has 266 valence electrons. The molecule has 2 aromatic carbocycles. The van der Waals surface area contributed by atoms with Crippen LogP contribution in [0, 0.1) is 11.7 Å². The number of nitrogens with zero attached hydrogens (tertiary/aromatic N) is 2. The summed E-state index contributed by atoms with van der Waals surface area (Å²) in [4.78, 5) is 42.9. The minimum atomic E-state index is -0.841. The zero-order chi connectivity index (χ0) is 36.0. The van der Waals surface area contributed by atoms with Crippen molar-refractivity contribution in [2.45, 2.75) is 118 Å². The van der Waals surface area contributed by atoms with Crippen LogP contribution >= 0.6 is 0 Å². The molecular weight excluding hydrogens is 617 g/mol. The van der Waals surface area contributed by atoms with Crippen LogP contribution in [-0.2, 0) is 32.0 Å². The van der Waals surface area contributed by atoms with Gasteiger partial charge in [-0.3, -0.25) is 9.69 Å². The number of hydrogen-bond acceptors (Lipinski definition) is 8. The number of benzene rings is 2. The van der Waals surface area contributed by atoms with Crippen molar-refractivity contribution in [2.75, 3.05) is 29.9 Å². The number of hydrogen-bond donors (Lipinski definition) is 1. The number of amides is 2. The second-order valence-corrected chi connectivity index (χ2v) is 15.4. The van der Waals surface area contributed by atoms with E-state index in [4.69, 9.17) is 18.9 Å². The Balaban J connectivity index is 2.09. The number of carbonyl (C=O) groups excluding carboxylic acids is 3. The summed E-state index contributed by atoms with van der Waals surface area (Å²) in [6.07, 6.45) is -0.291. The number of carbonyl (C=O) groups is 3. The van der Waals surface area contributed by atoms with Gasteiger partial charge in [-0.25, -0.2) is 14.0 Å². The highest BCUT2D eigenvalue weighted by Crippen LogP contribution is 2.44. The average Bonchev–Trinajstić information content (AvgIpc) is 3.31. The highest BCUT2D eigenvalue weighted by atomic mass is 19.1. The summed E-state index contributed by atoms with van der Waals surface area (Å²) in [5.74, 6) is -0.977. The number of nitrogens with one attached hydrogen (secondary N) is 1. The summed E-state index contributed by atoms with van der Waals surface area (Å²) >= 11 is 0. The van der Waals surface area contributed by atoms with Gasteiger partial charge >= 0.3 is 18.2 Å². The van der Waals surface area contributed by atoms with Gasteiger partial charge in [0.25, 0.3) is 0 Å². The first kappa shape index (κ1) is 38.4. The first-order valence-electron chi connectivity index (χ1n) is 16.7. The molecular formula is C37H54FN3O7. The fraction of sp³-hybridized carbons (Fsp3) is 0.595. The fourth-order valence-corrected chi connectivity index (χ4v) is 5.15. The summed E-state index contributed by atoms with van der Waals surface area (Å²) in [5, 5.41) is 2.89. The zero-order valence-corrected chi connectivity index (χ0v) is 30.5. The van der Waals surface area contributed by atoms with Crippen LogP contribution < -0.4 is 15.0 Å². The van der Waals surface area contributed by atoms with Crippen LogP contribution in [-0.4, -0.2) is 65.5 Å². The van der Waals surface area contributed by atoms with Crippen molar-refractivity contribution < 1.29 is 37.7 Å². The minimum Gasteiger partial charge on any atom is -0.487 e. The van der Waals surface area contributed by atoms with Gasteiger partial charge in [0, 0.05) is 31.1 Å². The Hall–Kier alpha value is -4.02. The molecule has 48 heavy (non-hydrogen) atoms. The van der Waals surface area contributed by atoms with Crippen LogP contribution in [0.1, 0.15) is 93.7 Å². The van der Waals surface area contributed by atoms with Crippen LogP contribution in [0.2, 0.25) is 0 Å². The van der Waals surface area contributed by atoms with Gasteiger partial charge in [-0.2, -0.15) is 0 Å². The standard InChI is InChI=1S/C37H54FN3O7/c1-12-24(2)21-40(33(43)47-36(6,7)8)22-26-18-27-28(41(26)34(44)48-37(9,10)11)19-29(45-23-25-16-14-13-15-17-25)32(31(27)38)39-20-30(42)46-35(3,4)5/h13-17,19,24,26,39H,12,18,20-23H2,1-11H3/t24?,26-/m1/s1. The minimum absolute atomic E-state index is 0.0241. The lowest BCUT2D eigenvalue weighted by Gasteiger charge is -2.34. The molecule has 0 bridgehead atoms. The third-order valence-corrected chi connectivity index (χ3v) is 7.34. The molecule has 11 heteroatoms. The largest absolute Gasteiger partial charge is 0.487 e. The molecule has 2 atom stereocenters. The zero-order valence-electron chi connectivity index (χ0n) is 30.5. The lowest BCUT2D eigenvalue weighted by Crippen LogP contribution is -2.50. The van der Waals surface area contributed by atoms with E-state index in [1.165, 1.54) is 4.90 Å². The number of rotatable bonds is 11. The highest BCUT2D eigenvalue weighted by molar-refractivity contribution is 5.93. The monoisotopic (exact) mass is 671 g/mol. The van der Waals surface area contributed by atoms with Crippen molar-refractivity contribution in [3.8, 4) is 5.75 Å². The lowest BCUT2D eigenvalue weighted by atomic mass is 10.1. The van der Waals surface area contributed by atoms with Crippen molar-refractivity contribution in [1.29, 1.82) is 0 Å². The lowest BCUT2D eigenvalue weighted by molar-refractivity contribution is -0.152. The third kappa shape index (κ3) is 11.3. The molecule has 0 fully saturated rings. The van der Waals surface area contributed by atoms with Gasteiger partial charge in [0.15, 0.2) is 5.82 Å². The van der Waals surface area contributed by atoms with E-state index in [0.29, 0.717) is 6.54 Å². The van der Waals surface area contributed by atoms with Gasteiger partial charge in [0.1, 0.15) is 41.4 Å². The van der Waals surface area contributed by atoms with E-state index in [1.54, 1.807) is 73.3 Å². The molecule has 1 aliphatic rings. The fourth-order valence-electron chi connectivity index (χ4n) is 5.15. The number of ether oxygens (including phenoxy) is 4. The SMILES string of the molecule is CCC(C)CN(C[C@H]1Cc2c(cc(OCc3ccccc3)c(NCC(=O)OC(C)(C)C)c2F)N1C(=O)OC(C)(C)C)C(=O)OC(C)(C)C. The molecule has 3 rings (SSSR count). The van der Waals surface area contributed by atoms with Crippen LogP contribution in [0.3, 0.4) is 0 Å². The molecule has 2 amide bonds. The van der Waals surface area contributed by atoms with E-state index in [-0.39, 0.29) is 54.7 Å². The van der Waals surface area contributed by atoms with Crippen molar-refractivity contribution in [1.82, 2.24) is 4.90 Å². The molecule has 1 heterocycles. The van der Waals surface area contributed by atoms with Gasteiger partial charge in [0.05, 0.1) is 11.7 Å². The molecule has 1 unspecified atom stereocenters. The predicted molar refractivity (Wildman–Crippen MR) is 185 cm³/mol. The summed E-state index contributed by atoms with van der Waals surface area (Å²) in [7, 11) is 0. The Kier molecular flexibility index (Phi) is 12.4. The molecule has 0 spiro atoms. The van der Waals surface area contributed by atoms with Gasteiger partial charge < -0.3 is 29.2 Å². The van der Waals surface area contributed by atoms with Crippen molar-refractivity contribution in [2.24, 2.45) is 5.92 Å². The summed E-state index contributed by atoms with van der Waals surface area (Å²) in [6.45, 7) is 20.2. The van der Waals surface area contributed by atoms with E-state index < -0.39 is 46.8 Å². The quantitative estimate of drug-likeness (QED) is 0.189. The number of anilines is 2. The maximum atomic E-state index is 16.7. The Morgan fingerprint density at radius 2 is 1.56 bits per heavy atom. The summed E-state index contributed by atoms with van der Waals surface area (Å²) in [5.41, 5.74) is -0.979. The van der Waals surface area contributed by atoms with E-state index in [9.17, 15) is 14.4 Å². The normalized spacial score (nSPS) is 15.3. The molecule has 0 aromatic heterocycles. The second kappa shape index (κ2) is 15.5. The second-order valence-electron chi connectivity index (χ2n) is 15.4. The van der Waals surface area contributed by atoms with Gasteiger partial charge in [-0.1, -0.05) is 50.6 Å². The van der Waals surface area contributed by atoms with Gasteiger partial charge in [0.2, 0.25) is 0 Å². The van der Waals surface area contributed by atoms with E-state index in [1.807, 2.05) is 44.2 Å². The van der Waals surface area contributed by atoms with Crippen LogP contribution in [0.25, 0.3) is 0 Å². The molecule has 0 radical (unpaired) electrons. The van der Waals surface area contributed by atoms with E-state index in [2.05, 4.69) is 5.32 Å². The Labute approximate surface area is 285 Å². The summed E-state index contributed by atoms with van der Waals surface area (Å²) < 4.78 is 39.8. The third-order valence-electron chi connectivity index (χ3n) is 7.34. The maximum Gasteiger partial charge on any atom is 0.415 e. The molecule has 10 nitrogen and oxygen atoms in total. The van der Waals surface area contributed by atoms with Crippen LogP contribution in [0.15, 0.2) is 36.4 Å². The Morgan fingerprint density at radius 3 is 2.12 bits per heavy atom. The van der Waals surface area contributed by atoms with Gasteiger partial charge in [-0.15, -0.1) is 0 Å².